The summed E-state index contributed by atoms with van der Waals surface area (Å²) in [4.78, 5) is 5.17. The molecule has 2 rings (SSSR count). The minimum atomic E-state index is 0.536. The lowest BCUT2D eigenvalue weighted by molar-refractivity contribution is 0.318. The molecule has 0 spiro atoms. The van der Waals surface area contributed by atoms with Crippen LogP contribution in [0, 0.1) is 11.3 Å². The maximum atomic E-state index is 9.00. The van der Waals surface area contributed by atoms with Gasteiger partial charge in [-0.15, -0.1) is 11.3 Å². The third-order valence-electron chi connectivity index (χ3n) is 2.80. The first-order chi connectivity index (χ1) is 9.76. The van der Waals surface area contributed by atoms with Crippen molar-refractivity contribution in [2.24, 2.45) is 0 Å². The third-order valence-corrected chi connectivity index (χ3v) is 3.87. The van der Waals surface area contributed by atoms with Crippen molar-refractivity contribution in [2.45, 2.75) is 19.8 Å². The monoisotopic (exact) mass is 288 g/mol. The van der Waals surface area contributed by atoms with Crippen LogP contribution in [-0.4, -0.2) is 18.7 Å². The normalized spacial score (nSPS) is 10.1. The van der Waals surface area contributed by atoms with E-state index in [1.165, 1.54) is 11.3 Å². The van der Waals surface area contributed by atoms with Crippen LogP contribution < -0.4 is 9.47 Å². The summed E-state index contributed by atoms with van der Waals surface area (Å²) in [6, 6.07) is 9.69. The number of aromatic nitrogens is 1. The third kappa shape index (κ3) is 3.49. The molecule has 0 amide bonds. The number of hydrogen-bond acceptors (Lipinski definition) is 5. The van der Waals surface area contributed by atoms with Crippen molar-refractivity contribution in [3.63, 3.8) is 0 Å². The van der Waals surface area contributed by atoms with Gasteiger partial charge >= 0.3 is 0 Å². The minimum Gasteiger partial charge on any atom is -0.497 e. The van der Waals surface area contributed by atoms with Crippen LogP contribution in [0.5, 0.6) is 11.5 Å². The van der Waals surface area contributed by atoms with Crippen molar-refractivity contribution < 1.29 is 9.47 Å². The van der Waals surface area contributed by atoms with Crippen molar-refractivity contribution in [3.05, 3.63) is 39.8 Å². The number of rotatable bonds is 6. The second kappa shape index (κ2) is 6.92. The molecule has 0 saturated heterocycles. The van der Waals surface area contributed by atoms with Gasteiger partial charge in [-0.1, -0.05) is 13.0 Å². The SMILES string of the molecule is CCc1nc(CCOc2cccc(OC)c2)sc1C#N. The largest absolute Gasteiger partial charge is 0.497 e. The summed E-state index contributed by atoms with van der Waals surface area (Å²) < 4.78 is 10.8. The summed E-state index contributed by atoms with van der Waals surface area (Å²) in [5.74, 6) is 1.55. The van der Waals surface area contributed by atoms with Gasteiger partial charge in [0, 0.05) is 12.5 Å². The van der Waals surface area contributed by atoms with E-state index in [-0.39, 0.29) is 0 Å². The molecule has 5 heteroatoms. The van der Waals surface area contributed by atoms with E-state index in [1.54, 1.807) is 7.11 Å². The van der Waals surface area contributed by atoms with Gasteiger partial charge < -0.3 is 9.47 Å². The average Bonchev–Trinajstić information content (AvgIpc) is 2.90. The molecular formula is C15H16N2O2S. The number of nitrogens with zero attached hydrogens (tertiary/aromatic N) is 2. The Hall–Kier alpha value is -2.06. The lowest BCUT2D eigenvalue weighted by Gasteiger charge is -2.06. The molecule has 4 nitrogen and oxygen atoms in total. The van der Waals surface area contributed by atoms with E-state index in [0.717, 1.165) is 28.6 Å². The fraction of sp³-hybridized carbons (Fsp3) is 0.333. The van der Waals surface area contributed by atoms with Gasteiger partial charge in [0.05, 0.1) is 24.4 Å². The Morgan fingerprint density at radius 2 is 2.15 bits per heavy atom. The molecular weight excluding hydrogens is 272 g/mol. The molecule has 1 aromatic carbocycles. The van der Waals surface area contributed by atoms with E-state index in [1.807, 2.05) is 31.2 Å². The zero-order valence-electron chi connectivity index (χ0n) is 11.5. The van der Waals surface area contributed by atoms with Gasteiger partial charge in [-0.3, -0.25) is 0 Å². The quantitative estimate of drug-likeness (QED) is 0.819. The summed E-state index contributed by atoms with van der Waals surface area (Å²) in [7, 11) is 1.63. The molecule has 0 aliphatic heterocycles. The Labute approximate surface area is 122 Å². The van der Waals surface area contributed by atoms with E-state index >= 15 is 0 Å². The van der Waals surface area contributed by atoms with Crippen LogP contribution >= 0.6 is 11.3 Å². The number of methoxy groups -OCH3 is 1. The van der Waals surface area contributed by atoms with Crippen molar-refractivity contribution >= 4 is 11.3 Å². The van der Waals surface area contributed by atoms with Crippen LogP contribution in [0.3, 0.4) is 0 Å². The fourth-order valence-corrected chi connectivity index (χ4v) is 2.71. The molecule has 0 radical (unpaired) electrons. The highest BCUT2D eigenvalue weighted by Crippen LogP contribution is 2.21. The second-order valence-electron chi connectivity index (χ2n) is 4.13. The Morgan fingerprint density at radius 3 is 2.80 bits per heavy atom. The van der Waals surface area contributed by atoms with Gasteiger partial charge in [0.1, 0.15) is 22.4 Å². The minimum absolute atomic E-state index is 0.536. The van der Waals surface area contributed by atoms with E-state index in [2.05, 4.69) is 11.1 Å². The van der Waals surface area contributed by atoms with Gasteiger partial charge in [0.25, 0.3) is 0 Å². The van der Waals surface area contributed by atoms with Crippen molar-refractivity contribution in [3.8, 4) is 17.6 Å². The van der Waals surface area contributed by atoms with Gasteiger partial charge in [0.2, 0.25) is 0 Å². The predicted octanol–water partition coefficient (Wildman–Crippen LogP) is 3.21. The highest BCUT2D eigenvalue weighted by Gasteiger charge is 2.09. The molecule has 0 unspecified atom stereocenters. The molecule has 0 N–H and O–H groups in total. The lowest BCUT2D eigenvalue weighted by atomic mass is 10.3. The topological polar surface area (TPSA) is 55.1 Å². The predicted molar refractivity (Wildman–Crippen MR) is 78.4 cm³/mol. The second-order valence-corrected chi connectivity index (χ2v) is 5.21. The van der Waals surface area contributed by atoms with Gasteiger partial charge in [-0.25, -0.2) is 4.98 Å². The first-order valence-corrected chi connectivity index (χ1v) is 7.24. The molecule has 1 heterocycles. The van der Waals surface area contributed by atoms with Gasteiger partial charge in [0.15, 0.2) is 0 Å². The van der Waals surface area contributed by atoms with E-state index in [4.69, 9.17) is 14.7 Å². The zero-order valence-corrected chi connectivity index (χ0v) is 12.4. The first-order valence-electron chi connectivity index (χ1n) is 6.42. The molecule has 2 aromatic rings. The summed E-state index contributed by atoms with van der Waals surface area (Å²) in [5.41, 5.74) is 0.883. The summed E-state index contributed by atoms with van der Waals surface area (Å²) in [6.45, 7) is 2.54. The molecule has 0 aliphatic rings. The highest BCUT2D eigenvalue weighted by atomic mass is 32.1. The molecule has 0 bridgehead atoms. The van der Waals surface area contributed by atoms with E-state index in [9.17, 15) is 0 Å². The van der Waals surface area contributed by atoms with Crippen LogP contribution in [-0.2, 0) is 12.8 Å². The van der Waals surface area contributed by atoms with Crippen LogP contribution in [0.2, 0.25) is 0 Å². The number of benzene rings is 1. The Bertz CT molecular complexity index is 617. The number of ether oxygens (including phenoxy) is 2. The van der Waals surface area contributed by atoms with Crippen molar-refractivity contribution in [1.82, 2.24) is 4.98 Å². The Balaban J connectivity index is 1.92. The fourth-order valence-electron chi connectivity index (χ4n) is 1.78. The number of nitriles is 1. The van der Waals surface area contributed by atoms with E-state index in [0.29, 0.717) is 17.9 Å². The molecule has 0 atom stereocenters. The average molecular weight is 288 g/mol. The number of aryl methyl sites for hydroxylation is 1. The molecule has 20 heavy (non-hydrogen) atoms. The molecule has 0 saturated carbocycles. The van der Waals surface area contributed by atoms with Crippen molar-refractivity contribution in [1.29, 1.82) is 5.26 Å². The first kappa shape index (κ1) is 14.4. The van der Waals surface area contributed by atoms with Crippen LogP contribution in [0.25, 0.3) is 0 Å². The van der Waals surface area contributed by atoms with Crippen LogP contribution in [0.4, 0.5) is 0 Å². The standard InChI is InChI=1S/C15H16N2O2S/c1-3-13-14(10-16)20-15(17-13)7-8-19-12-6-4-5-11(9-12)18-2/h4-6,9H,3,7-8H2,1-2H3. The molecule has 0 aliphatic carbocycles. The van der Waals surface area contributed by atoms with E-state index < -0.39 is 0 Å². The number of thiazole rings is 1. The molecule has 104 valence electrons. The summed E-state index contributed by atoms with van der Waals surface area (Å²) >= 11 is 1.45. The lowest BCUT2D eigenvalue weighted by Crippen LogP contribution is -2.01. The van der Waals surface area contributed by atoms with Gasteiger partial charge in [-0.05, 0) is 18.6 Å². The highest BCUT2D eigenvalue weighted by molar-refractivity contribution is 7.12. The van der Waals surface area contributed by atoms with Crippen molar-refractivity contribution in [2.75, 3.05) is 13.7 Å². The Morgan fingerprint density at radius 1 is 1.35 bits per heavy atom. The summed E-state index contributed by atoms with van der Waals surface area (Å²) in [5, 5.41) is 9.94. The van der Waals surface area contributed by atoms with Crippen LogP contribution in [0.1, 0.15) is 22.5 Å². The molecule has 1 aromatic heterocycles. The van der Waals surface area contributed by atoms with Gasteiger partial charge in [-0.2, -0.15) is 5.26 Å². The maximum absolute atomic E-state index is 9.00. The maximum Gasteiger partial charge on any atom is 0.128 e. The molecule has 0 fully saturated rings. The van der Waals surface area contributed by atoms with Crippen LogP contribution in [0.15, 0.2) is 24.3 Å². The summed E-state index contributed by atoms with van der Waals surface area (Å²) in [6.07, 6.45) is 1.49. The number of hydrogen-bond donors (Lipinski definition) is 0. The smallest absolute Gasteiger partial charge is 0.128 e. The Kier molecular flexibility index (Phi) is 4.97. The zero-order chi connectivity index (χ0) is 14.4.